The van der Waals surface area contributed by atoms with E-state index in [4.69, 9.17) is 0 Å². The van der Waals surface area contributed by atoms with Crippen molar-refractivity contribution in [2.75, 3.05) is 44.2 Å². The van der Waals surface area contributed by atoms with E-state index >= 15 is 0 Å². The van der Waals surface area contributed by atoms with Gasteiger partial charge < -0.3 is 20.2 Å². The molecule has 2 saturated heterocycles. The minimum absolute atomic E-state index is 0.0396. The number of piperazine rings is 1. The van der Waals surface area contributed by atoms with Crippen molar-refractivity contribution < 1.29 is 9.90 Å². The van der Waals surface area contributed by atoms with Gasteiger partial charge in [0.2, 0.25) is 5.91 Å². The molecule has 3 fully saturated rings. The average molecular weight is 343 g/mol. The Hall–Kier alpha value is -1.59. The lowest BCUT2D eigenvalue weighted by molar-refractivity contribution is -0.148. The van der Waals surface area contributed by atoms with Crippen molar-refractivity contribution in [3.63, 3.8) is 0 Å². The number of aliphatic hydroxyl groups is 1. The SMILES string of the molecule is O=C1CN(c2ccccc2)CCN1CC1(O)CCNCC12CCCC2. The monoisotopic (exact) mass is 343 g/mol. The summed E-state index contributed by atoms with van der Waals surface area (Å²) >= 11 is 0. The molecule has 136 valence electrons. The molecule has 0 bridgehead atoms. The van der Waals surface area contributed by atoms with E-state index in [2.05, 4.69) is 22.3 Å². The largest absolute Gasteiger partial charge is 0.387 e. The van der Waals surface area contributed by atoms with Crippen molar-refractivity contribution in [3.05, 3.63) is 30.3 Å². The van der Waals surface area contributed by atoms with Crippen molar-refractivity contribution in [1.29, 1.82) is 0 Å². The van der Waals surface area contributed by atoms with Crippen LogP contribution in [0, 0.1) is 5.41 Å². The van der Waals surface area contributed by atoms with E-state index in [-0.39, 0.29) is 11.3 Å². The normalized spacial score (nSPS) is 29.4. The molecule has 25 heavy (non-hydrogen) atoms. The Kier molecular flexibility index (Phi) is 4.46. The van der Waals surface area contributed by atoms with Gasteiger partial charge in [0, 0.05) is 30.7 Å². The van der Waals surface area contributed by atoms with Crippen LogP contribution in [0.25, 0.3) is 0 Å². The molecule has 1 saturated carbocycles. The first-order chi connectivity index (χ1) is 12.1. The first-order valence-electron chi connectivity index (χ1n) is 9.63. The van der Waals surface area contributed by atoms with E-state index in [1.807, 2.05) is 23.1 Å². The number of carbonyl (C=O) groups is 1. The van der Waals surface area contributed by atoms with Crippen LogP contribution in [-0.2, 0) is 4.79 Å². The maximum absolute atomic E-state index is 12.8. The number of β-amino-alcohol motifs (C(OH)–C–C–N with tert-alkyl or cyclic N) is 1. The number of para-hydroxylation sites is 1. The number of hydrogen-bond donors (Lipinski definition) is 2. The number of nitrogens with one attached hydrogen (secondary N) is 1. The fraction of sp³-hybridized carbons (Fsp3) is 0.650. The number of carbonyl (C=O) groups excluding carboxylic acids is 1. The molecule has 2 N–H and O–H groups in total. The summed E-state index contributed by atoms with van der Waals surface area (Å²) in [5.74, 6) is 0.134. The molecule has 4 rings (SSSR count). The standard InChI is InChI=1S/C20H29N3O2/c24-18-14-22(17-6-2-1-3-7-17)12-13-23(18)16-20(25)10-11-21-15-19(20)8-4-5-9-19/h1-3,6-7,21,25H,4-5,8-16H2. The Morgan fingerprint density at radius 1 is 1.08 bits per heavy atom. The van der Waals surface area contributed by atoms with Crippen LogP contribution in [0.4, 0.5) is 5.69 Å². The smallest absolute Gasteiger partial charge is 0.242 e. The highest BCUT2D eigenvalue weighted by atomic mass is 16.3. The molecule has 3 aliphatic rings. The minimum Gasteiger partial charge on any atom is -0.387 e. The van der Waals surface area contributed by atoms with Crippen LogP contribution in [0.1, 0.15) is 32.1 Å². The Bertz CT molecular complexity index is 615. The van der Waals surface area contributed by atoms with E-state index in [0.29, 0.717) is 19.6 Å². The van der Waals surface area contributed by atoms with Crippen LogP contribution in [0.5, 0.6) is 0 Å². The second-order valence-corrected chi connectivity index (χ2v) is 8.02. The lowest BCUT2D eigenvalue weighted by Gasteiger charge is -2.51. The summed E-state index contributed by atoms with van der Waals surface area (Å²) in [5.41, 5.74) is 0.324. The summed E-state index contributed by atoms with van der Waals surface area (Å²) in [5, 5.41) is 15.0. The zero-order valence-electron chi connectivity index (χ0n) is 14.9. The Morgan fingerprint density at radius 3 is 2.56 bits per heavy atom. The van der Waals surface area contributed by atoms with Gasteiger partial charge in [-0.25, -0.2) is 0 Å². The van der Waals surface area contributed by atoms with Gasteiger partial charge in [0.25, 0.3) is 0 Å². The van der Waals surface area contributed by atoms with Crippen LogP contribution in [0.3, 0.4) is 0 Å². The van der Waals surface area contributed by atoms with Gasteiger partial charge >= 0.3 is 0 Å². The van der Waals surface area contributed by atoms with E-state index < -0.39 is 5.60 Å². The molecule has 5 nitrogen and oxygen atoms in total. The molecular formula is C20H29N3O2. The Labute approximate surface area is 150 Å². The minimum atomic E-state index is -0.737. The van der Waals surface area contributed by atoms with Crippen molar-refractivity contribution >= 4 is 11.6 Å². The van der Waals surface area contributed by atoms with Gasteiger partial charge in [-0.1, -0.05) is 31.0 Å². The number of hydrogen-bond acceptors (Lipinski definition) is 4. The van der Waals surface area contributed by atoms with E-state index in [1.54, 1.807) is 0 Å². The third-order valence-electron chi connectivity index (χ3n) is 6.62. The number of amides is 1. The molecule has 0 aromatic heterocycles. The molecule has 1 aromatic carbocycles. The van der Waals surface area contributed by atoms with Gasteiger partial charge in [0.1, 0.15) is 0 Å². The highest BCUT2D eigenvalue weighted by molar-refractivity contribution is 5.83. The number of nitrogens with zero attached hydrogens (tertiary/aromatic N) is 2. The van der Waals surface area contributed by atoms with E-state index in [9.17, 15) is 9.90 Å². The highest BCUT2D eigenvalue weighted by Gasteiger charge is 2.54. The molecule has 2 heterocycles. The molecule has 1 aliphatic carbocycles. The van der Waals surface area contributed by atoms with Crippen molar-refractivity contribution in [2.45, 2.75) is 37.7 Å². The third kappa shape index (κ3) is 3.04. The highest BCUT2D eigenvalue weighted by Crippen LogP contribution is 2.49. The average Bonchev–Trinajstić information content (AvgIpc) is 3.11. The molecule has 0 radical (unpaired) electrons. The molecule has 2 aliphatic heterocycles. The Morgan fingerprint density at radius 2 is 1.84 bits per heavy atom. The van der Waals surface area contributed by atoms with Gasteiger partial charge in [-0.3, -0.25) is 4.79 Å². The molecule has 1 unspecified atom stereocenters. The number of benzene rings is 1. The van der Waals surface area contributed by atoms with Gasteiger partial charge in [-0.05, 0) is 37.9 Å². The molecular weight excluding hydrogens is 314 g/mol. The van der Waals surface area contributed by atoms with Gasteiger partial charge in [-0.2, -0.15) is 0 Å². The lowest BCUT2D eigenvalue weighted by Crippen LogP contribution is -2.64. The Balaban J connectivity index is 1.45. The summed E-state index contributed by atoms with van der Waals surface area (Å²) in [6.45, 7) is 4.16. The van der Waals surface area contributed by atoms with Crippen molar-refractivity contribution in [1.82, 2.24) is 10.2 Å². The number of rotatable bonds is 3. The van der Waals surface area contributed by atoms with Gasteiger partial charge in [0.05, 0.1) is 18.7 Å². The predicted octanol–water partition coefficient (Wildman–Crippen LogP) is 1.62. The lowest BCUT2D eigenvalue weighted by atomic mass is 9.66. The molecule has 1 atom stereocenters. The zero-order chi connectivity index (χ0) is 17.3. The number of piperidine rings is 1. The molecule has 1 spiro atoms. The first kappa shape index (κ1) is 16.9. The fourth-order valence-electron chi connectivity index (χ4n) is 5.04. The second-order valence-electron chi connectivity index (χ2n) is 8.02. The van der Waals surface area contributed by atoms with Crippen LogP contribution >= 0.6 is 0 Å². The predicted molar refractivity (Wildman–Crippen MR) is 98.6 cm³/mol. The third-order valence-corrected chi connectivity index (χ3v) is 6.62. The van der Waals surface area contributed by atoms with E-state index in [1.165, 1.54) is 12.8 Å². The fourth-order valence-corrected chi connectivity index (χ4v) is 5.04. The summed E-state index contributed by atoms with van der Waals surface area (Å²) < 4.78 is 0. The summed E-state index contributed by atoms with van der Waals surface area (Å²) in [6, 6.07) is 10.1. The molecule has 5 heteroatoms. The van der Waals surface area contributed by atoms with Crippen LogP contribution in [-0.4, -0.2) is 60.8 Å². The summed E-state index contributed by atoms with van der Waals surface area (Å²) in [7, 11) is 0. The van der Waals surface area contributed by atoms with Crippen LogP contribution < -0.4 is 10.2 Å². The van der Waals surface area contributed by atoms with Crippen LogP contribution in [0.15, 0.2) is 30.3 Å². The zero-order valence-corrected chi connectivity index (χ0v) is 14.9. The maximum atomic E-state index is 12.8. The topological polar surface area (TPSA) is 55.8 Å². The quantitative estimate of drug-likeness (QED) is 0.876. The van der Waals surface area contributed by atoms with Crippen molar-refractivity contribution in [2.24, 2.45) is 5.41 Å². The molecule has 1 amide bonds. The van der Waals surface area contributed by atoms with E-state index in [0.717, 1.165) is 44.6 Å². The molecule has 1 aromatic rings. The number of anilines is 1. The van der Waals surface area contributed by atoms with Gasteiger partial charge in [-0.15, -0.1) is 0 Å². The van der Waals surface area contributed by atoms with Crippen LogP contribution in [0.2, 0.25) is 0 Å². The summed E-state index contributed by atoms with van der Waals surface area (Å²) in [4.78, 5) is 16.8. The van der Waals surface area contributed by atoms with Gasteiger partial charge in [0.15, 0.2) is 0 Å². The van der Waals surface area contributed by atoms with Crippen molar-refractivity contribution in [3.8, 4) is 0 Å². The first-order valence-corrected chi connectivity index (χ1v) is 9.63. The maximum Gasteiger partial charge on any atom is 0.242 e. The summed E-state index contributed by atoms with van der Waals surface area (Å²) in [6.07, 6.45) is 5.29. The second kappa shape index (κ2) is 6.61.